The summed E-state index contributed by atoms with van der Waals surface area (Å²) in [5.41, 5.74) is 3.10. The SMILES string of the molecule is Cn1cc(-c2cnn(Cc3ccccc3)c2)c(N2CCOC[C@H]2C(=O)O)cc1=O. The second-order valence-corrected chi connectivity index (χ2v) is 7.06. The van der Waals surface area contributed by atoms with Crippen LogP contribution >= 0.6 is 0 Å². The van der Waals surface area contributed by atoms with Crippen molar-refractivity contribution in [1.82, 2.24) is 14.3 Å². The molecular formula is C21H22N4O4. The molecule has 0 spiro atoms. The highest BCUT2D eigenvalue weighted by Gasteiger charge is 2.31. The maximum Gasteiger partial charge on any atom is 0.328 e. The van der Waals surface area contributed by atoms with Crippen LogP contribution in [0.3, 0.4) is 0 Å². The van der Waals surface area contributed by atoms with Gasteiger partial charge in [-0.15, -0.1) is 0 Å². The summed E-state index contributed by atoms with van der Waals surface area (Å²) in [6, 6.07) is 10.6. The first kappa shape index (κ1) is 18.9. The molecule has 3 heterocycles. The van der Waals surface area contributed by atoms with Crippen LogP contribution in [0.25, 0.3) is 11.1 Å². The third-order valence-corrected chi connectivity index (χ3v) is 5.06. The Labute approximate surface area is 167 Å². The number of carbonyl (C=O) groups is 1. The van der Waals surface area contributed by atoms with E-state index in [4.69, 9.17) is 4.74 Å². The van der Waals surface area contributed by atoms with Gasteiger partial charge in [0.15, 0.2) is 6.04 Å². The molecule has 8 nitrogen and oxygen atoms in total. The van der Waals surface area contributed by atoms with Crippen molar-refractivity contribution in [3.63, 3.8) is 0 Å². The van der Waals surface area contributed by atoms with Gasteiger partial charge in [0.05, 0.1) is 31.6 Å². The van der Waals surface area contributed by atoms with Gasteiger partial charge in [0.1, 0.15) is 0 Å². The van der Waals surface area contributed by atoms with E-state index >= 15 is 0 Å². The molecule has 1 atom stereocenters. The minimum absolute atomic E-state index is 0.0806. The number of morpholine rings is 1. The number of carboxylic acid groups (broad SMARTS) is 1. The number of aliphatic carboxylic acids is 1. The van der Waals surface area contributed by atoms with E-state index < -0.39 is 12.0 Å². The monoisotopic (exact) mass is 394 g/mol. The van der Waals surface area contributed by atoms with Crippen molar-refractivity contribution < 1.29 is 14.6 Å². The molecule has 0 bridgehead atoms. The number of aryl methyl sites for hydroxylation is 1. The number of nitrogens with zero attached hydrogens (tertiary/aromatic N) is 4. The van der Waals surface area contributed by atoms with Crippen LogP contribution in [0.2, 0.25) is 0 Å². The van der Waals surface area contributed by atoms with E-state index in [-0.39, 0.29) is 12.2 Å². The summed E-state index contributed by atoms with van der Waals surface area (Å²) in [5, 5.41) is 14.1. The molecule has 0 saturated carbocycles. The number of pyridine rings is 1. The van der Waals surface area contributed by atoms with Crippen LogP contribution < -0.4 is 10.5 Å². The quantitative estimate of drug-likeness (QED) is 0.707. The molecule has 1 aromatic carbocycles. The molecule has 0 aliphatic carbocycles. The number of ether oxygens (including phenoxy) is 1. The predicted octanol–water partition coefficient (Wildman–Crippen LogP) is 1.59. The van der Waals surface area contributed by atoms with E-state index in [9.17, 15) is 14.7 Å². The van der Waals surface area contributed by atoms with Crippen LogP contribution in [-0.2, 0) is 23.1 Å². The second-order valence-electron chi connectivity index (χ2n) is 7.06. The normalized spacial score (nSPS) is 16.7. The molecule has 29 heavy (non-hydrogen) atoms. The van der Waals surface area contributed by atoms with E-state index in [1.54, 1.807) is 24.3 Å². The summed E-state index contributed by atoms with van der Waals surface area (Å²) in [6.07, 6.45) is 5.38. The summed E-state index contributed by atoms with van der Waals surface area (Å²) in [4.78, 5) is 25.8. The number of hydrogen-bond donors (Lipinski definition) is 1. The number of anilines is 1. The smallest absolute Gasteiger partial charge is 0.328 e. The minimum Gasteiger partial charge on any atom is -0.480 e. The van der Waals surface area contributed by atoms with Crippen LogP contribution in [0, 0.1) is 0 Å². The Morgan fingerprint density at radius 2 is 2.07 bits per heavy atom. The zero-order valence-electron chi connectivity index (χ0n) is 16.1. The van der Waals surface area contributed by atoms with Crippen molar-refractivity contribution in [3.05, 3.63) is 70.9 Å². The Kier molecular flexibility index (Phi) is 5.18. The highest BCUT2D eigenvalue weighted by atomic mass is 16.5. The van der Waals surface area contributed by atoms with Crippen molar-refractivity contribution in [2.45, 2.75) is 12.6 Å². The maximum atomic E-state index is 12.3. The van der Waals surface area contributed by atoms with Gasteiger partial charge in [0.2, 0.25) is 0 Å². The zero-order chi connectivity index (χ0) is 20.4. The van der Waals surface area contributed by atoms with Crippen LogP contribution in [-0.4, -0.2) is 51.2 Å². The molecule has 1 aliphatic rings. The number of benzene rings is 1. The highest BCUT2D eigenvalue weighted by Crippen LogP contribution is 2.31. The van der Waals surface area contributed by atoms with Crippen LogP contribution in [0.4, 0.5) is 5.69 Å². The van der Waals surface area contributed by atoms with E-state index in [1.165, 1.54) is 10.6 Å². The molecule has 1 saturated heterocycles. The molecule has 8 heteroatoms. The first-order valence-electron chi connectivity index (χ1n) is 9.37. The van der Waals surface area contributed by atoms with Crippen LogP contribution in [0.1, 0.15) is 5.56 Å². The average molecular weight is 394 g/mol. The zero-order valence-corrected chi connectivity index (χ0v) is 16.1. The van der Waals surface area contributed by atoms with Crippen molar-refractivity contribution in [3.8, 4) is 11.1 Å². The van der Waals surface area contributed by atoms with Crippen molar-refractivity contribution in [2.75, 3.05) is 24.7 Å². The minimum atomic E-state index is -0.976. The summed E-state index contributed by atoms with van der Waals surface area (Å²) >= 11 is 0. The van der Waals surface area contributed by atoms with E-state index in [0.717, 1.165) is 16.7 Å². The number of aromatic nitrogens is 3. The summed E-state index contributed by atoms with van der Waals surface area (Å²) in [5.74, 6) is -0.976. The van der Waals surface area contributed by atoms with Crippen LogP contribution in [0.5, 0.6) is 0 Å². The molecule has 0 unspecified atom stereocenters. The Morgan fingerprint density at radius 1 is 1.28 bits per heavy atom. The van der Waals surface area contributed by atoms with Gasteiger partial charge in [-0.25, -0.2) is 4.79 Å². The number of hydrogen-bond acceptors (Lipinski definition) is 5. The lowest BCUT2D eigenvalue weighted by Crippen LogP contribution is -2.50. The number of rotatable bonds is 5. The predicted molar refractivity (Wildman–Crippen MR) is 108 cm³/mol. The fourth-order valence-corrected chi connectivity index (χ4v) is 3.54. The fourth-order valence-electron chi connectivity index (χ4n) is 3.54. The molecule has 2 aromatic heterocycles. The molecule has 1 fully saturated rings. The Hall–Kier alpha value is -3.39. The van der Waals surface area contributed by atoms with E-state index in [1.807, 2.05) is 41.2 Å². The van der Waals surface area contributed by atoms with Gasteiger partial charge in [0.25, 0.3) is 5.56 Å². The lowest BCUT2D eigenvalue weighted by molar-refractivity contribution is -0.141. The van der Waals surface area contributed by atoms with E-state index in [2.05, 4.69) is 5.10 Å². The lowest BCUT2D eigenvalue weighted by atomic mass is 10.1. The molecule has 4 rings (SSSR count). The maximum absolute atomic E-state index is 12.3. The summed E-state index contributed by atoms with van der Waals surface area (Å²) in [7, 11) is 1.68. The van der Waals surface area contributed by atoms with Crippen molar-refractivity contribution in [1.29, 1.82) is 0 Å². The average Bonchev–Trinajstić information content (AvgIpc) is 3.18. The standard InChI is InChI=1S/C21H22N4O4/c1-23-13-17(16-10-22-24(12-16)11-15-5-3-2-4-6-15)18(9-20(23)26)25-7-8-29-14-19(25)21(27)28/h2-6,9-10,12-13,19H,7-8,11,14H2,1H3,(H,27,28)/t19-/m0/s1. The first-order chi connectivity index (χ1) is 14.0. The Bertz CT molecular complexity index is 1070. The Morgan fingerprint density at radius 3 is 2.83 bits per heavy atom. The largest absolute Gasteiger partial charge is 0.480 e. The highest BCUT2D eigenvalue weighted by molar-refractivity contribution is 5.84. The molecule has 0 radical (unpaired) electrons. The van der Waals surface area contributed by atoms with Gasteiger partial charge in [-0.1, -0.05) is 30.3 Å². The topological polar surface area (TPSA) is 89.6 Å². The molecule has 150 valence electrons. The molecular weight excluding hydrogens is 372 g/mol. The van der Waals surface area contributed by atoms with E-state index in [0.29, 0.717) is 25.4 Å². The third kappa shape index (κ3) is 3.93. The molecule has 0 amide bonds. The molecule has 1 N–H and O–H groups in total. The van der Waals surface area contributed by atoms with Gasteiger partial charge < -0.3 is 19.3 Å². The second kappa shape index (κ2) is 7.92. The first-order valence-corrected chi connectivity index (χ1v) is 9.37. The Balaban J connectivity index is 1.73. The van der Waals surface area contributed by atoms with Gasteiger partial charge in [-0.2, -0.15) is 5.10 Å². The summed E-state index contributed by atoms with van der Waals surface area (Å²) in [6.45, 7) is 1.51. The summed E-state index contributed by atoms with van der Waals surface area (Å²) < 4.78 is 8.66. The van der Waals surface area contributed by atoms with Gasteiger partial charge >= 0.3 is 5.97 Å². The lowest BCUT2D eigenvalue weighted by Gasteiger charge is -2.35. The van der Waals surface area contributed by atoms with Gasteiger partial charge in [-0.3, -0.25) is 9.48 Å². The number of carboxylic acids is 1. The van der Waals surface area contributed by atoms with Crippen molar-refractivity contribution in [2.24, 2.45) is 7.05 Å². The molecule has 3 aromatic rings. The van der Waals surface area contributed by atoms with Crippen molar-refractivity contribution >= 4 is 11.7 Å². The third-order valence-electron chi connectivity index (χ3n) is 5.06. The fraction of sp³-hybridized carbons (Fsp3) is 0.286. The van der Waals surface area contributed by atoms with Gasteiger partial charge in [-0.05, 0) is 5.56 Å². The molecule has 1 aliphatic heterocycles. The van der Waals surface area contributed by atoms with Gasteiger partial charge in [0, 0.05) is 43.2 Å². The van der Waals surface area contributed by atoms with Crippen LogP contribution in [0.15, 0.2) is 59.8 Å².